The quantitative estimate of drug-likeness (QED) is 0.651. The van der Waals surface area contributed by atoms with Gasteiger partial charge in [0.05, 0.1) is 22.3 Å². The maximum absolute atomic E-state index is 12.5. The Kier molecular flexibility index (Phi) is 4.97. The van der Waals surface area contributed by atoms with E-state index >= 15 is 0 Å². The van der Waals surface area contributed by atoms with E-state index in [1.54, 1.807) is 36.4 Å². The molecule has 0 aliphatic carbocycles. The van der Waals surface area contributed by atoms with Gasteiger partial charge in [-0.1, -0.05) is 41.4 Å². The highest BCUT2D eigenvalue weighted by Gasteiger charge is 2.34. The number of hydrogen-bond donors (Lipinski definition) is 1. The molecule has 2 amide bonds. The molecule has 1 saturated heterocycles. The van der Waals surface area contributed by atoms with Crippen LogP contribution in [-0.4, -0.2) is 18.4 Å². The maximum Gasteiger partial charge on any atom is 0.282 e. The SMILES string of the molecule is CCOc1c(Cl)cc(/C=C2/C(=O)NN(c3ccccc3)C2=O)cc1Cl. The van der Waals surface area contributed by atoms with Crippen molar-refractivity contribution in [1.29, 1.82) is 0 Å². The van der Waals surface area contributed by atoms with Crippen molar-refractivity contribution in [1.82, 2.24) is 5.43 Å². The lowest BCUT2D eigenvalue weighted by Gasteiger charge is -2.13. The average molecular weight is 377 g/mol. The van der Waals surface area contributed by atoms with E-state index in [1.807, 2.05) is 13.0 Å². The van der Waals surface area contributed by atoms with Crippen molar-refractivity contribution >= 4 is 46.8 Å². The first kappa shape index (κ1) is 17.3. The van der Waals surface area contributed by atoms with Gasteiger partial charge in [0.25, 0.3) is 11.8 Å². The van der Waals surface area contributed by atoms with Crippen LogP contribution in [0.25, 0.3) is 6.08 Å². The van der Waals surface area contributed by atoms with Crippen molar-refractivity contribution in [2.45, 2.75) is 6.92 Å². The number of carbonyl (C=O) groups is 2. The molecule has 0 aromatic heterocycles. The lowest BCUT2D eigenvalue weighted by atomic mass is 10.1. The molecule has 2 aromatic rings. The van der Waals surface area contributed by atoms with E-state index < -0.39 is 11.8 Å². The van der Waals surface area contributed by atoms with E-state index in [-0.39, 0.29) is 5.57 Å². The third kappa shape index (κ3) is 3.48. The number of hydrogen-bond acceptors (Lipinski definition) is 3. The molecule has 1 fully saturated rings. The van der Waals surface area contributed by atoms with Gasteiger partial charge in [-0.25, -0.2) is 5.01 Å². The van der Waals surface area contributed by atoms with Crippen LogP contribution in [0.3, 0.4) is 0 Å². The van der Waals surface area contributed by atoms with E-state index in [0.29, 0.717) is 33.7 Å². The van der Waals surface area contributed by atoms with Crippen molar-refractivity contribution in [3.63, 3.8) is 0 Å². The molecule has 0 spiro atoms. The minimum Gasteiger partial charge on any atom is -0.491 e. The van der Waals surface area contributed by atoms with Crippen LogP contribution in [-0.2, 0) is 9.59 Å². The Morgan fingerprint density at radius 1 is 1.12 bits per heavy atom. The Hall–Kier alpha value is -2.50. The number of carbonyl (C=O) groups excluding carboxylic acids is 2. The van der Waals surface area contributed by atoms with Gasteiger partial charge in [0.2, 0.25) is 0 Å². The molecule has 1 N–H and O–H groups in total. The second-order valence-corrected chi connectivity index (χ2v) is 6.04. The van der Waals surface area contributed by atoms with Crippen LogP contribution in [0.4, 0.5) is 5.69 Å². The maximum atomic E-state index is 12.5. The first-order chi connectivity index (χ1) is 12.0. The average Bonchev–Trinajstić information content (AvgIpc) is 2.87. The summed E-state index contributed by atoms with van der Waals surface area (Å²) >= 11 is 12.3. The molecule has 0 unspecified atom stereocenters. The fourth-order valence-corrected chi connectivity index (χ4v) is 3.04. The fourth-order valence-electron chi connectivity index (χ4n) is 2.43. The summed E-state index contributed by atoms with van der Waals surface area (Å²) in [6.07, 6.45) is 1.45. The molecule has 0 bridgehead atoms. The second-order valence-electron chi connectivity index (χ2n) is 5.22. The largest absolute Gasteiger partial charge is 0.491 e. The Morgan fingerprint density at radius 2 is 1.76 bits per heavy atom. The van der Waals surface area contributed by atoms with Crippen LogP contribution in [0.1, 0.15) is 12.5 Å². The van der Waals surface area contributed by atoms with Gasteiger partial charge in [0.1, 0.15) is 5.57 Å². The molecule has 128 valence electrons. The number of benzene rings is 2. The Labute approximate surface area is 154 Å². The summed E-state index contributed by atoms with van der Waals surface area (Å²) in [4.78, 5) is 24.7. The fraction of sp³-hybridized carbons (Fsp3) is 0.111. The third-order valence-corrected chi connectivity index (χ3v) is 4.09. The number of hydrazine groups is 1. The first-order valence-corrected chi connectivity index (χ1v) is 8.31. The van der Waals surface area contributed by atoms with E-state index in [1.165, 1.54) is 11.1 Å². The zero-order valence-corrected chi connectivity index (χ0v) is 14.8. The summed E-state index contributed by atoms with van der Waals surface area (Å²) in [5.74, 6) is -0.562. The number of para-hydroxylation sites is 1. The van der Waals surface area contributed by atoms with E-state index in [0.717, 1.165) is 0 Å². The van der Waals surface area contributed by atoms with Crippen LogP contribution in [0, 0.1) is 0 Å². The topological polar surface area (TPSA) is 58.6 Å². The summed E-state index contributed by atoms with van der Waals surface area (Å²) in [6.45, 7) is 2.25. The van der Waals surface area contributed by atoms with Crippen LogP contribution >= 0.6 is 23.2 Å². The summed E-state index contributed by atoms with van der Waals surface area (Å²) in [6, 6.07) is 12.0. The Bertz CT molecular complexity index is 843. The van der Waals surface area contributed by atoms with Gasteiger partial charge in [0.15, 0.2) is 5.75 Å². The van der Waals surface area contributed by atoms with Crippen molar-refractivity contribution < 1.29 is 14.3 Å². The first-order valence-electron chi connectivity index (χ1n) is 7.55. The van der Waals surface area contributed by atoms with Crippen LogP contribution < -0.4 is 15.2 Å². The number of amides is 2. The van der Waals surface area contributed by atoms with Gasteiger partial charge in [-0.2, -0.15) is 0 Å². The number of rotatable bonds is 4. The van der Waals surface area contributed by atoms with Gasteiger partial charge < -0.3 is 4.74 Å². The van der Waals surface area contributed by atoms with E-state index in [2.05, 4.69) is 5.43 Å². The molecule has 25 heavy (non-hydrogen) atoms. The molecule has 7 heteroatoms. The van der Waals surface area contributed by atoms with Crippen molar-refractivity contribution in [2.24, 2.45) is 0 Å². The molecule has 1 aliphatic heterocycles. The summed E-state index contributed by atoms with van der Waals surface area (Å²) in [7, 11) is 0. The lowest BCUT2D eigenvalue weighted by Crippen LogP contribution is -2.35. The molecule has 0 radical (unpaired) electrons. The van der Waals surface area contributed by atoms with Gasteiger partial charge >= 0.3 is 0 Å². The minimum atomic E-state index is -0.491. The van der Waals surface area contributed by atoms with Crippen molar-refractivity contribution in [2.75, 3.05) is 11.6 Å². The number of ether oxygens (including phenoxy) is 1. The summed E-state index contributed by atoms with van der Waals surface area (Å²) < 4.78 is 5.37. The lowest BCUT2D eigenvalue weighted by molar-refractivity contribution is -0.117. The normalized spacial score (nSPS) is 15.6. The number of anilines is 1. The van der Waals surface area contributed by atoms with Gasteiger partial charge in [0, 0.05) is 0 Å². The number of nitrogens with zero attached hydrogens (tertiary/aromatic N) is 1. The predicted molar refractivity (Wildman–Crippen MR) is 97.7 cm³/mol. The molecule has 3 rings (SSSR count). The highest BCUT2D eigenvalue weighted by atomic mass is 35.5. The molecular formula is C18H14Cl2N2O3. The highest BCUT2D eigenvalue weighted by molar-refractivity contribution is 6.37. The van der Waals surface area contributed by atoms with Crippen LogP contribution in [0.15, 0.2) is 48.0 Å². The summed E-state index contributed by atoms with van der Waals surface area (Å²) in [5.41, 5.74) is 3.65. The molecule has 5 nitrogen and oxygen atoms in total. The third-order valence-electron chi connectivity index (χ3n) is 3.53. The molecule has 1 aliphatic rings. The highest BCUT2D eigenvalue weighted by Crippen LogP contribution is 2.35. The van der Waals surface area contributed by atoms with Crippen molar-refractivity contribution in [3.8, 4) is 5.75 Å². The van der Waals surface area contributed by atoms with E-state index in [4.69, 9.17) is 27.9 Å². The monoisotopic (exact) mass is 376 g/mol. The number of halogens is 2. The number of nitrogens with one attached hydrogen (secondary N) is 1. The second kappa shape index (κ2) is 7.17. The van der Waals surface area contributed by atoms with Crippen molar-refractivity contribution in [3.05, 3.63) is 63.6 Å². The van der Waals surface area contributed by atoms with Gasteiger partial charge in [-0.3, -0.25) is 15.0 Å². The molecular weight excluding hydrogens is 363 g/mol. The molecule has 2 aromatic carbocycles. The smallest absolute Gasteiger partial charge is 0.282 e. The molecule has 0 atom stereocenters. The van der Waals surface area contributed by atoms with Gasteiger partial charge in [-0.15, -0.1) is 0 Å². The Morgan fingerprint density at radius 3 is 2.36 bits per heavy atom. The molecule has 0 saturated carbocycles. The zero-order valence-electron chi connectivity index (χ0n) is 13.3. The Balaban J connectivity index is 1.94. The van der Waals surface area contributed by atoms with Gasteiger partial charge in [-0.05, 0) is 42.8 Å². The predicted octanol–water partition coefficient (Wildman–Crippen LogP) is 3.85. The molecule has 1 heterocycles. The van der Waals surface area contributed by atoms with E-state index in [9.17, 15) is 9.59 Å². The van der Waals surface area contributed by atoms with Crippen LogP contribution in [0.5, 0.6) is 5.75 Å². The standard InChI is InChI=1S/C18H14Cl2N2O3/c1-2-25-16-14(19)9-11(10-15(16)20)8-13-17(23)21-22(18(13)24)12-6-4-3-5-7-12/h3-10H,2H2,1H3,(H,21,23)/b13-8-. The summed E-state index contributed by atoms with van der Waals surface area (Å²) in [5, 5.41) is 1.82. The zero-order chi connectivity index (χ0) is 18.0. The minimum absolute atomic E-state index is 0.000135. The van der Waals surface area contributed by atoms with Crippen LogP contribution in [0.2, 0.25) is 10.0 Å².